The fourth-order valence-corrected chi connectivity index (χ4v) is 5.90. The van der Waals surface area contributed by atoms with Crippen LogP contribution in [0.3, 0.4) is 0 Å². The van der Waals surface area contributed by atoms with E-state index in [9.17, 15) is 0 Å². The second kappa shape index (κ2) is 15.0. The Bertz CT molecular complexity index is 1010. The average Bonchev–Trinajstić information content (AvgIpc) is 3.45. The van der Waals surface area contributed by atoms with Crippen LogP contribution in [0.25, 0.3) is 5.57 Å². The number of nitrogens with zero attached hydrogens (tertiary/aromatic N) is 2. The maximum absolute atomic E-state index is 4.84. The highest BCUT2D eigenvalue weighted by atomic mass is 15.2. The average molecular weight is 499 g/mol. The molecular weight excluding hydrogens is 448 g/mol. The van der Waals surface area contributed by atoms with E-state index in [2.05, 4.69) is 55.5 Å². The molecule has 1 saturated heterocycles. The fourth-order valence-electron chi connectivity index (χ4n) is 5.90. The molecule has 2 aliphatic carbocycles. The maximum atomic E-state index is 4.84. The van der Waals surface area contributed by atoms with E-state index < -0.39 is 0 Å². The van der Waals surface area contributed by atoms with Crippen molar-refractivity contribution in [2.75, 3.05) is 13.1 Å². The lowest BCUT2D eigenvalue weighted by Gasteiger charge is -2.34. The van der Waals surface area contributed by atoms with Gasteiger partial charge in [0.2, 0.25) is 0 Å². The van der Waals surface area contributed by atoms with Crippen molar-refractivity contribution < 1.29 is 0 Å². The van der Waals surface area contributed by atoms with Crippen molar-refractivity contribution in [1.29, 1.82) is 0 Å². The van der Waals surface area contributed by atoms with Crippen LogP contribution in [0.15, 0.2) is 88.7 Å². The Balaban J connectivity index is 0.000000291. The standard InChI is InChI=1S/C24H34N2.C9H10.C2H6/c1-3-19-12-14-26(15-13-19)24-11-10-20(17-25-24)16-18(2)22-8-4-6-21-7-5-9-23(21)22;1-8(2)9-6-4-3-5-7-9;1-2/h8,11,17,19-20H,2-7,9-10,12-16H2,1H3;3-7H,1H2,2H3;1-2H3. The lowest BCUT2D eigenvalue weighted by Crippen LogP contribution is -2.33. The Morgan fingerprint density at radius 1 is 1.00 bits per heavy atom. The molecule has 0 aromatic heterocycles. The molecule has 0 bridgehead atoms. The highest BCUT2D eigenvalue weighted by molar-refractivity contribution is 5.65. The Kier molecular flexibility index (Phi) is 11.7. The summed E-state index contributed by atoms with van der Waals surface area (Å²) in [4.78, 5) is 7.33. The molecule has 0 spiro atoms. The number of rotatable bonds is 6. The summed E-state index contributed by atoms with van der Waals surface area (Å²) in [6.07, 6.45) is 19.6. The summed E-state index contributed by atoms with van der Waals surface area (Å²) in [7, 11) is 0. The summed E-state index contributed by atoms with van der Waals surface area (Å²) in [6.45, 7) is 19.0. The van der Waals surface area contributed by atoms with E-state index in [1.165, 1.54) is 87.0 Å². The minimum absolute atomic E-state index is 0.521. The first kappa shape index (κ1) is 29.0. The van der Waals surface area contributed by atoms with Gasteiger partial charge < -0.3 is 4.90 Å². The molecule has 0 saturated carbocycles. The van der Waals surface area contributed by atoms with Crippen LogP contribution in [0, 0.1) is 11.8 Å². The summed E-state index contributed by atoms with van der Waals surface area (Å²) in [5.41, 5.74) is 8.54. The third kappa shape index (κ3) is 8.19. The number of hydrogen-bond donors (Lipinski definition) is 0. The monoisotopic (exact) mass is 498 g/mol. The number of hydrogen-bond acceptors (Lipinski definition) is 2. The molecule has 1 aromatic carbocycles. The van der Waals surface area contributed by atoms with E-state index in [1.54, 1.807) is 11.1 Å². The van der Waals surface area contributed by atoms with Crippen LogP contribution < -0.4 is 0 Å². The first-order valence-corrected chi connectivity index (χ1v) is 14.8. The van der Waals surface area contributed by atoms with Gasteiger partial charge in [-0.15, -0.1) is 0 Å². The second-order valence-electron chi connectivity index (χ2n) is 10.7. The SMILES string of the molecule is C=C(C)c1ccccc1.C=C(CC1C=NC(N2CCC(CC)CC2)=CC1)C1=CCCC2=C1CCC2.CC. The second-order valence-corrected chi connectivity index (χ2v) is 10.7. The molecule has 5 rings (SSSR count). The van der Waals surface area contributed by atoms with Crippen molar-refractivity contribution in [1.82, 2.24) is 4.90 Å². The number of piperidine rings is 1. The summed E-state index contributed by atoms with van der Waals surface area (Å²) in [5, 5.41) is 0. The molecule has 1 unspecified atom stereocenters. The van der Waals surface area contributed by atoms with Crippen LogP contribution >= 0.6 is 0 Å². The Labute approximate surface area is 227 Å². The third-order valence-electron chi connectivity index (χ3n) is 8.14. The van der Waals surface area contributed by atoms with Crippen molar-refractivity contribution in [3.8, 4) is 0 Å². The topological polar surface area (TPSA) is 15.6 Å². The molecule has 0 N–H and O–H groups in total. The Morgan fingerprint density at radius 2 is 1.73 bits per heavy atom. The van der Waals surface area contributed by atoms with E-state index in [0.717, 1.165) is 24.3 Å². The van der Waals surface area contributed by atoms with E-state index in [-0.39, 0.29) is 0 Å². The quantitative estimate of drug-likeness (QED) is 0.381. The molecule has 1 aromatic rings. The van der Waals surface area contributed by atoms with Gasteiger partial charge in [-0.05, 0) is 99.0 Å². The van der Waals surface area contributed by atoms with Gasteiger partial charge in [0.25, 0.3) is 0 Å². The molecule has 2 nitrogen and oxygen atoms in total. The molecule has 2 aliphatic heterocycles. The van der Waals surface area contributed by atoms with Gasteiger partial charge in [-0.3, -0.25) is 0 Å². The third-order valence-corrected chi connectivity index (χ3v) is 8.14. The van der Waals surface area contributed by atoms with Crippen molar-refractivity contribution in [3.63, 3.8) is 0 Å². The number of allylic oxidation sites excluding steroid dienone is 7. The van der Waals surface area contributed by atoms with Crippen molar-refractivity contribution in [3.05, 3.63) is 89.3 Å². The fraction of sp³-hybridized carbons (Fsp3) is 0.514. The van der Waals surface area contributed by atoms with Gasteiger partial charge in [-0.1, -0.05) is 87.9 Å². The predicted molar refractivity (Wildman–Crippen MR) is 164 cm³/mol. The van der Waals surface area contributed by atoms with Crippen molar-refractivity contribution in [2.45, 2.75) is 91.9 Å². The van der Waals surface area contributed by atoms with Gasteiger partial charge in [-0.25, -0.2) is 4.99 Å². The molecule has 4 aliphatic rings. The minimum atomic E-state index is 0.521. The van der Waals surface area contributed by atoms with Gasteiger partial charge in [0.05, 0.1) is 0 Å². The summed E-state index contributed by atoms with van der Waals surface area (Å²) >= 11 is 0. The molecule has 2 heteroatoms. The highest BCUT2D eigenvalue weighted by Gasteiger charge is 2.24. The van der Waals surface area contributed by atoms with Crippen molar-refractivity contribution in [2.24, 2.45) is 16.8 Å². The van der Waals surface area contributed by atoms with Crippen LogP contribution in [0.5, 0.6) is 0 Å². The Hall–Kier alpha value is -2.61. The van der Waals surface area contributed by atoms with E-state index in [4.69, 9.17) is 4.99 Å². The van der Waals surface area contributed by atoms with Crippen LogP contribution in [0.2, 0.25) is 0 Å². The number of benzene rings is 1. The van der Waals surface area contributed by atoms with Crippen LogP contribution in [-0.2, 0) is 0 Å². The summed E-state index contributed by atoms with van der Waals surface area (Å²) in [5.74, 6) is 2.67. The van der Waals surface area contributed by atoms with Crippen molar-refractivity contribution >= 4 is 11.8 Å². The zero-order chi connectivity index (χ0) is 26.6. The first-order valence-electron chi connectivity index (χ1n) is 14.8. The minimum Gasteiger partial charge on any atom is -0.357 e. The maximum Gasteiger partial charge on any atom is 0.124 e. The first-order chi connectivity index (χ1) is 18.0. The summed E-state index contributed by atoms with van der Waals surface area (Å²) < 4.78 is 0. The zero-order valence-electron chi connectivity index (χ0n) is 24.1. The highest BCUT2D eigenvalue weighted by Crippen LogP contribution is 2.41. The molecular formula is C35H50N2. The van der Waals surface area contributed by atoms with Gasteiger partial charge in [0, 0.05) is 25.2 Å². The molecule has 2 heterocycles. The van der Waals surface area contributed by atoms with Crippen LogP contribution in [-0.4, -0.2) is 24.2 Å². The normalized spacial score (nSPS) is 21.1. The zero-order valence-corrected chi connectivity index (χ0v) is 24.1. The predicted octanol–water partition coefficient (Wildman–Crippen LogP) is 9.93. The van der Waals surface area contributed by atoms with E-state index in [0.29, 0.717) is 5.92 Å². The number of likely N-dealkylation sites (tertiary alicyclic amines) is 1. The molecule has 0 radical (unpaired) electrons. The molecule has 37 heavy (non-hydrogen) atoms. The molecule has 1 atom stereocenters. The lowest BCUT2D eigenvalue weighted by molar-refractivity contribution is 0.220. The van der Waals surface area contributed by atoms with E-state index >= 15 is 0 Å². The number of aliphatic imine (C=N–C) groups is 1. The smallest absolute Gasteiger partial charge is 0.124 e. The van der Waals surface area contributed by atoms with E-state index in [1.807, 2.05) is 39.0 Å². The Morgan fingerprint density at radius 3 is 2.32 bits per heavy atom. The summed E-state index contributed by atoms with van der Waals surface area (Å²) in [6, 6.07) is 10.2. The van der Waals surface area contributed by atoms with Gasteiger partial charge >= 0.3 is 0 Å². The molecule has 1 fully saturated rings. The van der Waals surface area contributed by atoms with Gasteiger partial charge in [-0.2, -0.15) is 0 Å². The molecule has 0 amide bonds. The lowest BCUT2D eigenvalue weighted by atomic mass is 9.84. The van der Waals surface area contributed by atoms with Crippen LogP contribution in [0.1, 0.15) is 97.5 Å². The van der Waals surface area contributed by atoms with Crippen LogP contribution in [0.4, 0.5) is 0 Å². The largest absolute Gasteiger partial charge is 0.357 e. The van der Waals surface area contributed by atoms with Gasteiger partial charge in [0.15, 0.2) is 0 Å². The molecule has 200 valence electrons. The van der Waals surface area contributed by atoms with Gasteiger partial charge in [0.1, 0.15) is 5.82 Å².